The van der Waals surface area contributed by atoms with Crippen LogP contribution in [0, 0.1) is 11.3 Å². The van der Waals surface area contributed by atoms with Crippen molar-refractivity contribution in [3.8, 4) is 0 Å². The molecule has 1 fully saturated rings. The van der Waals surface area contributed by atoms with Crippen LogP contribution in [0.5, 0.6) is 0 Å². The first-order valence-electron chi connectivity index (χ1n) is 7.89. The van der Waals surface area contributed by atoms with E-state index in [-0.39, 0.29) is 0 Å². The summed E-state index contributed by atoms with van der Waals surface area (Å²) < 4.78 is 0. The maximum absolute atomic E-state index is 9.91. The van der Waals surface area contributed by atoms with Crippen LogP contribution in [0.4, 0.5) is 0 Å². The van der Waals surface area contributed by atoms with Crippen LogP contribution in [0.2, 0.25) is 0 Å². The zero-order valence-corrected chi connectivity index (χ0v) is 13.4. The Labute approximate surface area is 119 Å². The van der Waals surface area contributed by atoms with E-state index >= 15 is 0 Å². The van der Waals surface area contributed by atoms with Gasteiger partial charge >= 0.3 is 0 Å². The van der Waals surface area contributed by atoms with Crippen molar-refractivity contribution in [3.05, 3.63) is 0 Å². The summed E-state index contributed by atoms with van der Waals surface area (Å²) in [6.07, 6.45) is 5.85. The Hall–Kier alpha value is -0.120. The number of hydrogen-bond acceptors (Lipinski definition) is 3. The van der Waals surface area contributed by atoms with Gasteiger partial charge in [-0.3, -0.25) is 0 Å². The van der Waals surface area contributed by atoms with E-state index in [1.54, 1.807) is 0 Å². The number of rotatable bonds is 5. The van der Waals surface area contributed by atoms with Crippen LogP contribution in [0.15, 0.2) is 0 Å². The highest BCUT2D eigenvalue weighted by atomic mass is 16.3. The minimum atomic E-state index is -0.681. The normalized spacial score (nSPS) is 25.9. The Morgan fingerprint density at radius 2 is 1.84 bits per heavy atom. The zero-order chi connectivity index (χ0) is 14.5. The van der Waals surface area contributed by atoms with E-state index in [0.717, 1.165) is 25.3 Å². The van der Waals surface area contributed by atoms with Gasteiger partial charge < -0.3 is 15.7 Å². The molecule has 0 saturated carbocycles. The predicted molar refractivity (Wildman–Crippen MR) is 82.1 cm³/mol. The molecule has 0 amide bonds. The van der Waals surface area contributed by atoms with Crippen molar-refractivity contribution >= 4 is 0 Å². The average Bonchev–Trinajstić information content (AvgIpc) is 2.54. The van der Waals surface area contributed by atoms with Gasteiger partial charge in [0, 0.05) is 6.54 Å². The Morgan fingerprint density at radius 1 is 1.16 bits per heavy atom. The predicted octanol–water partition coefficient (Wildman–Crippen LogP) is 2.62. The van der Waals surface area contributed by atoms with Crippen molar-refractivity contribution in [2.75, 3.05) is 26.2 Å². The molecule has 1 saturated heterocycles. The molecule has 1 aliphatic heterocycles. The van der Waals surface area contributed by atoms with Gasteiger partial charge in [0.2, 0.25) is 0 Å². The summed E-state index contributed by atoms with van der Waals surface area (Å²) in [5.41, 5.74) is 5.32. The molecule has 1 rings (SSSR count). The van der Waals surface area contributed by atoms with Crippen LogP contribution in [0.1, 0.15) is 59.8 Å². The molecule has 1 aliphatic rings. The molecule has 0 aromatic rings. The molecule has 0 aliphatic carbocycles. The fourth-order valence-electron chi connectivity index (χ4n) is 3.03. The van der Waals surface area contributed by atoms with Crippen LogP contribution in [0.3, 0.4) is 0 Å². The first-order chi connectivity index (χ1) is 8.74. The van der Waals surface area contributed by atoms with Gasteiger partial charge in [-0.1, -0.05) is 20.8 Å². The number of aliphatic hydroxyl groups is 1. The maximum atomic E-state index is 9.91. The van der Waals surface area contributed by atoms with Crippen LogP contribution in [-0.4, -0.2) is 41.8 Å². The smallest absolute Gasteiger partial charge is 0.0741 e. The molecule has 0 radical (unpaired) electrons. The van der Waals surface area contributed by atoms with Crippen molar-refractivity contribution in [1.29, 1.82) is 0 Å². The Balaban J connectivity index is 2.30. The minimum Gasteiger partial charge on any atom is -0.389 e. The Morgan fingerprint density at radius 3 is 2.42 bits per heavy atom. The van der Waals surface area contributed by atoms with Crippen molar-refractivity contribution < 1.29 is 5.11 Å². The molecule has 0 aromatic carbocycles. The summed E-state index contributed by atoms with van der Waals surface area (Å²) >= 11 is 0. The van der Waals surface area contributed by atoms with Gasteiger partial charge in [-0.15, -0.1) is 0 Å². The number of nitrogens with zero attached hydrogens (tertiary/aromatic N) is 1. The van der Waals surface area contributed by atoms with Crippen LogP contribution in [0.25, 0.3) is 0 Å². The third-order valence-corrected chi connectivity index (χ3v) is 4.67. The molecule has 2 unspecified atom stereocenters. The van der Waals surface area contributed by atoms with Crippen LogP contribution >= 0.6 is 0 Å². The molecular formula is C16H34N2O. The highest BCUT2D eigenvalue weighted by Crippen LogP contribution is 2.34. The molecule has 3 N–H and O–H groups in total. The molecule has 0 bridgehead atoms. The molecule has 19 heavy (non-hydrogen) atoms. The van der Waals surface area contributed by atoms with E-state index < -0.39 is 5.60 Å². The molecule has 3 heteroatoms. The van der Waals surface area contributed by atoms with Crippen LogP contribution < -0.4 is 5.73 Å². The van der Waals surface area contributed by atoms with Gasteiger partial charge in [-0.05, 0) is 70.0 Å². The maximum Gasteiger partial charge on any atom is 0.0741 e. The summed E-state index contributed by atoms with van der Waals surface area (Å²) in [6, 6.07) is 0. The lowest BCUT2D eigenvalue weighted by Crippen LogP contribution is -2.35. The molecule has 114 valence electrons. The molecule has 0 aromatic heterocycles. The lowest BCUT2D eigenvalue weighted by Gasteiger charge is -2.30. The lowest BCUT2D eigenvalue weighted by atomic mass is 9.77. The van der Waals surface area contributed by atoms with E-state index in [0.29, 0.717) is 12.0 Å². The van der Waals surface area contributed by atoms with E-state index in [1.165, 1.54) is 32.4 Å². The Kier molecular flexibility index (Phi) is 6.28. The largest absolute Gasteiger partial charge is 0.389 e. The highest BCUT2D eigenvalue weighted by Gasteiger charge is 2.27. The van der Waals surface area contributed by atoms with Gasteiger partial charge in [0.05, 0.1) is 5.60 Å². The van der Waals surface area contributed by atoms with Gasteiger partial charge in [0.15, 0.2) is 0 Å². The van der Waals surface area contributed by atoms with Gasteiger partial charge in [0.25, 0.3) is 0 Å². The summed E-state index contributed by atoms with van der Waals surface area (Å²) in [7, 11) is 0. The fraction of sp³-hybridized carbons (Fsp3) is 1.00. The van der Waals surface area contributed by atoms with Crippen molar-refractivity contribution in [3.63, 3.8) is 0 Å². The SMILES string of the molecule is CC(O)(CN)CCCN1CCCC(C(C)(C)C)CC1. The van der Waals surface area contributed by atoms with Gasteiger partial charge in [-0.2, -0.15) is 0 Å². The Bertz CT molecular complexity index is 258. The number of nitrogens with two attached hydrogens (primary N) is 1. The fourth-order valence-corrected chi connectivity index (χ4v) is 3.03. The number of likely N-dealkylation sites (tertiary alicyclic amines) is 1. The topological polar surface area (TPSA) is 49.5 Å². The average molecular weight is 270 g/mol. The third kappa shape index (κ3) is 6.24. The van der Waals surface area contributed by atoms with Crippen LogP contribution in [-0.2, 0) is 0 Å². The summed E-state index contributed by atoms with van der Waals surface area (Å²) in [4.78, 5) is 2.57. The molecular weight excluding hydrogens is 236 g/mol. The summed E-state index contributed by atoms with van der Waals surface area (Å²) in [5.74, 6) is 0.852. The second-order valence-corrected chi connectivity index (χ2v) is 7.64. The van der Waals surface area contributed by atoms with Gasteiger partial charge in [-0.25, -0.2) is 0 Å². The van der Waals surface area contributed by atoms with Crippen molar-refractivity contribution in [1.82, 2.24) is 4.90 Å². The second kappa shape index (κ2) is 7.05. The minimum absolute atomic E-state index is 0.360. The molecule has 2 atom stereocenters. The van der Waals surface area contributed by atoms with E-state index in [4.69, 9.17) is 5.73 Å². The van der Waals surface area contributed by atoms with E-state index in [1.807, 2.05) is 6.92 Å². The zero-order valence-electron chi connectivity index (χ0n) is 13.4. The molecule has 3 nitrogen and oxygen atoms in total. The van der Waals surface area contributed by atoms with E-state index in [9.17, 15) is 5.11 Å². The van der Waals surface area contributed by atoms with E-state index in [2.05, 4.69) is 25.7 Å². The first kappa shape index (κ1) is 16.9. The first-order valence-corrected chi connectivity index (χ1v) is 7.89. The summed E-state index contributed by atoms with van der Waals surface area (Å²) in [6.45, 7) is 12.8. The number of hydrogen-bond donors (Lipinski definition) is 2. The second-order valence-electron chi connectivity index (χ2n) is 7.64. The van der Waals surface area contributed by atoms with Crippen molar-refractivity contribution in [2.24, 2.45) is 17.1 Å². The molecule has 1 heterocycles. The highest BCUT2D eigenvalue weighted by molar-refractivity contribution is 4.79. The quantitative estimate of drug-likeness (QED) is 0.807. The van der Waals surface area contributed by atoms with Gasteiger partial charge in [0.1, 0.15) is 0 Å². The molecule has 0 spiro atoms. The van der Waals surface area contributed by atoms with Crippen molar-refractivity contribution in [2.45, 2.75) is 65.4 Å². The third-order valence-electron chi connectivity index (χ3n) is 4.67. The lowest BCUT2D eigenvalue weighted by molar-refractivity contribution is 0.0544. The monoisotopic (exact) mass is 270 g/mol. The standard InChI is InChI=1S/C16H34N2O/c1-15(2,3)14-7-5-10-18(12-8-14)11-6-9-16(4,19)13-17/h14,19H,5-13,17H2,1-4H3. The summed E-state index contributed by atoms with van der Waals surface area (Å²) in [5, 5.41) is 9.91.